The normalized spacial score (nSPS) is 9.47. The number of rotatable bonds is 1. The van der Waals surface area contributed by atoms with Gasteiger partial charge in [-0.1, -0.05) is 6.07 Å². The summed E-state index contributed by atoms with van der Waals surface area (Å²) in [5.74, 6) is -0.0848. The van der Waals surface area contributed by atoms with Gasteiger partial charge in [0, 0.05) is 4.90 Å². The Morgan fingerprint density at radius 1 is 0.941 bits per heavy atom. The Kier molecular flexibility index (Phi) is 7.79. The van der Waals surface area contributed by atoms with E-state index in [0.29, 0.717) is 10.3 Å². The quantitative estimate of drug-likeness (QED) is 0.322. The Morgan fingerprint density at radius 3 is 2.06 bits per heavy atom. The van der Waals surface area contributed by atoms with E-state index in [-0.39, 0.29) is 87.6 Å². The van der Waals surface area contributed by atoms with E-state index in [1.54, 1.807) is 12.1 Å². The van der Waals surface area contributed by atoms with Gasteiger partial charge in [0.1, 0.15) is 5.75 Å². The average Bonchev–Trinajstić information content (AvgIpc) is 2.20. The Hall–Kier alpha value is 0.830. The number of aromatic hydroxyl groups is 2. The molecule has 0 radical (unpaired) electrons. The molecule has 0 aliphatic carbocycles. The van der Waals surface area contributed by atoms with E-state index in [0.717, 1.165) is 5.39 Å². The SMILES string of the molecule is [Na+].[Na+].[O-]Sc1cc2cc([S-])c(O)cc2cc1O. The predicted molar refractivity (Wildman–Crippen MR) is 59.5 cm³/mol. The molecule has 0 aliphatic heterocycles. The average molecular weight is 284 g/mol. The summed E-state index contributed by atoms with van der Waals surface area (Å²) in [5, 5.41) is 20.2. The van der Waals surface area contributed by atoms with Gasteiger partial charge in [-0.15, -0.1) is 4.90 Å². The predicted octanol–water partition coefficient (Wildman–Crippen LogP) is -3.61. The smallest absolute Gasteiger partial charge is 0.795 e. The summed E-state index contributed by atoms with van der Waals surface area (Å²) in [6, 6.07) is 6.05. The largest absolute Gasteiger partial charge is 1.00 e. The summed E-state index contributed by atoms with van der Waals surface area (Å²) in [4.78, 5) is 0.581. The molecule has 0 spiro atoms. The van der Waals surface area contributed by atoms with Crippen LogP contribution >= 0.6 is 12.0 Å². The molecule has 0 aliphatic rings. The third-order valence-corrected chi connectivity index (χ3v) is 2.92. The van der Waals surface area contributed by atoms with E-state index in [1.807, 2.05) is 0 Å². The van der Waals surface area contributed by atoms with E-state index < -0.39 is 0 Å². The first kappa shape index (κ1) is 17.8. The van der Waals surface area contributed by atoms with Gasteiger partial charge in [-0.05, 0) is 29.0 Å². The van der Waals surface area contributed by atoms with Crippen molar-refractivity contribution in [3.8, 4) is 11.5 Å². The second-order valence-corrected chi connectivity index (χ2v) is 4.12. The zero-order chi connectivity index (χ0) is 11.0. The second kappa shape index (κ2) is 7.43. The van der Waals surface area contributed by atoms with E-state index in [1.165, 1.54) is 12.1 Å². The molecule has 0 bridgehead atoms. The minimum absolute atomic E-state index is 0. The van der Waals surface area contributed by atoms with Crippen LogP contribution in [0.25, 0.3) is 10.8 Å². The zero-order valence-electron chi connectivity index (χ0n) is 9.43. The number of hydrogen-bond donors (Lipinski definition) is 2. The molecule has 0 heterocycles. The Bertz CT molecular complexity index is 534. The van der Waals surface area contributed by atoms with Crippen molar-refractivity contribution in [1.29, 1.82) is 0 Å². The van der Waals surface area contributed by atoms with Gasteiger partial charge in [0.2, 0.25) is 0 Å². The molecule has 0 saturated heterocycles. The summed E-state index contributed by atoms with van der Waals surface area (Å²) in [6.07, 6.45) is 0. The molecule has 2 N–H and O–H groups in total. The molecule has 0 amide bonds. The molecular formula is C10H6Na2O3S2. The summed E-state index contributed by atoms with van der Waals surface area (Å²) in [6.45, 7) is 0. The van der Waals surface area contributed by atoms with Gasteiger partial charge in [-0.2, -0.15) is 0 Å². The minimum atomic E-state index is -0.0842. The Balaban J connectivity index is 0.00000128. The van der Waals surface area contributed by atoms with Gasteiger partial charge >= 0.3 is 59.1 Å². The van der Waals surface area contributed by atoms with Gasteiger partial charge in [-0.25, -0.2) is 12.0 Å². The van der Waals surface area contributed by atoms with E-state index in [2.05, 4.69) is 0 Å². The van der Waals surface area contributed by atoms with Crippen molar-refractivity contribution in [3.63, 3.8) is 0 Å². The third-order valence-electron chi connectivity index (χ3n) is 2.09. The molecule has 2 rings (SSSR count). The number of fused-ring (bicyclic) bond motifs is 1. The van der Waals surface area contributed by atoms with Crippen LogP contribution < -0.4 is 59.1 Å². The van der Waals surface area contributed by atoms with Crippen LogP contribution in [-0.4, -0.2) is 14.8 Å². The van der Waals surface area contributed by atoms with Crippen molar-refractivity contribution in [1.82, 2.24) is 0 Å². The molecule has 0 atom stereocenters. The van der Waals surface area contributed by atoms with Gasteiger partial charge in [0.15, 0.2) is 0 Å². The zero-order valence-corrected chi connectivity index (χ0v) is 15.1. The maximum Gasteiger partial charge on any atom is 1.00 e. The van der Waals surface area contributed by atoms with Crippen molar-refractivity contribution in [3.05, 3.63) is 24.3 Å². The monoisotopic (exact) mass is 284 g/mol. The van der Waals surface area contributed by atoms with Crippen LogP contribution in [0.3, 0.4) is 0 Å². The molecule has 2 aromatic rings. The fourth-order valence-electron chi connectivity index (χ4n) is 1.35. The molecule has 78 valence electrons. The molecule has 17 heavy (non-hydrogen) atoms. The third kappa shape index (κ3) is 3.89. The van der Waals surface area contributed by atoms with E-state index in [4.69, 9.17) is 12.6 Å². The molecule has 3 nitrogen and oxygen atoms in total. The van der Waals surface area contributed by atoms with Crippen LogP contribution in [0.2, 0.25) is 0 Å². The maximum absolute atomic E-state index is 10.6. The number of phenolic OH excluding ortho intramolecular Hbond substituents is 2. The fraction of sp³-hybridized carbons (Fsp3) is 0. The molecule has 0 fully saturated rings. The van der Waals surface area contributed by atoms with Crippen LogP contribution in [0.15, 0.2) is 34.1 Å². The standard InChI is InChI=1S/C10H8O3S2.2Na/c11-7-1-5-2-8(12)10(15-13)4-6(5)3-9(7)14;;/h1-4,11-14H;;/q;2*+1/p-2. The number of phenols is 2. The van der Waals surface area contributed by atoms with Crippen LogP contribution in [0.5, 0.6) is 11.5 Å². The first-order valence-electron chi connectivity index (χ1n) is 4.08. The fourth-order valence-corrected chi connectivity index (χ4v) is 1.86. The molecule has 0 aromatic heterocycles. The van der Waals surface area contributed by atoms with Crippen molar-refractivity contribution in [2.45, 2.75) is 9.79 Å². The first-order valence-corrected chi connectivity index (χ1v) is 5.23. The van der Waals surface area contributed by atoms with Gasteiger partial charge in [0.25, 0.3) is 0 Å². The van der Waals surface area contributed by atoms with Crippen molar-refractivity contribution in [2.75, 3.05) is 0 Å². The van der Waals surface area contributed by atoms with Crippen molar-refractivity contribution < 1.29 is 73.9 Å². The van der Waals surface area contributed by atoms with Crippen LogP contribution in [-0.2, 0) is 12.6 Å². The topological polar surface area (TPSA) is 63.5 Å². The molecular weight excluding hydrogens is 278 g/mol. The second-order valence-electron chi connectivity index (χ2n) is 3.07. The molecule has 0 unspecified atom stereocenters. The molecule has 2 aromatic carbocycles. The summed E-state index contributed by atoms with van der Waals surface area (Å²) in [7, 11) is 0. The van der Waals surface area contributed by atoms with Crippen LogP contribution in [0, 0.1) is 0 Å². The maximum atomic E-state index is 10.6. The summed E-state index contributed by atoms with van der Waals surface area (Å²) >= 11 is 5.12. The number of hydrogen-bond acceptors (Lipinski definition) is 5. The number of benzene rings is 2. The van der Waals surface area contributed by atoms with Crippen molar-refractivity contribution >= 4 is 35.4 Å². The van der Waals surface area contributed by atoms with Gasteiger partial charge in [0.05, 0.1) is 5.75 Å². The van der Waals surface area contributed by atoms with E-state index in [9.17, 15) is 14.8 Å². The van der Waals surface area contributed by atoms with E-state index >= 15 is 0 Å². The Morgan fingerprint density at radius 2 is 1.47 bits per heavy atom. The minimum Gasteiger partial charge on any atom is -0.795 e. The first-order chi connectivity index (χ1) is 7.11. The molecule has 0 saturated carbocycles. The summed E-state index contributed by atoms with van der Waals surface area (Å²) in [5.41, 5.74) is 0. The summed E-state index contributed by atoms with van der Waals surface area (Å²) < 4.78 is 10.6. The van der Waals surface area contributed by atoms with Gasteiger partial charge < -0.3 is 27.4 Å². The Labute approximate surface area is 153 Å². The molecule has 7 heteroatoms. The van der Waals surface area contributed by atoms with Gasteiger partial charge in [-0.3, -0.25) is 0 Å². The van der Waals surface area contributed by atoms with Crippen molar-refractivity contribution in [2.24, 2.45) is 0 Å². The van der Waals surface area contributed by atoms with Crippen LogP contribution in [0.1, 0.15) is 0 Å². The van der Waals surface area contributed by atoms with Crippen LogP contribution in [0.4, 0.5) is 0 Å².